The van der Waals surface area contributed by atoms with E-state index >= 15 is 0 Å². The van der Waals surface area contributed by atoms with Gasteiger partial charge in [-0.05, 0) is 29.6 Å². The molecule has 9 heteroatoms. The van der Waals surface area contributed by atoms with E-state index in [0.717, 1.165) is 22.2 Å². The average Bonchev–Trinajstić information content (AvgIpc) is 3.30. The fourth-order valence-corrected chi connectivity index (χ4v) is 5.20. The fraction of sp³-hybridized carbons (Fsp3) is 0.176. The van der Waals surface area contributed by atoms with E-state index < -0.39 is 5.82 Å². The normalized spacial score (nSPS) is 11.3. The molecular formula is C17H13FN4OS3. The molecule has 0 saturated heterocycles. The lowest BCUT2D eigenvalue weighted by Crippen LogP contribution is -2.19. The summed E-state index contributed by atoms with van der Waals surface area (Å²) in [7, 11) is 1.65. The molecule has 0 N–H and O–H groups in total. The standard InChI is InChI=1S/C17H13FN4OS3/c1-3-10-13(18)15(20-8-19-10)26-17-21-14-12(16(23)22(17)2)9(7-25-14)11-5-4-6-24-11/h4-8H,3H2,1-2H3. The van der Waals surface area contributed by atoms with Crippen molar-refractivity contribution in [2.75, 3.05) is 0 Å². The Balaban J connectivity index is 1.83. The van der Waals surface area contributed by atoms with Gasteiger partial charge < -0.3 is 0 Å². The van der Waals surface area contributed by atoms with Gasteiger partial charge in [-0.2, -0.15) is 0 Å². The van der Waals surface area contributed by atoms with E-state index in [-0.39, 0.29) is 10.6 Å². The second kappa shape index (κ2) is 6.90. The highest BCUT2D eigenvalue weighted by atomic mass is 32.2. The minimum absolute atomic E-state index is 0.146. The molecule has 0 aliphatic heterocycles. The summed E-state index contributed by atoms with van der Waals surface area (Å²) in [6.45, 7) is 1.83. The Morgan fingerprint density at radius 1 is 1.31 bits per heavy atom. The van der Waals surface area contributed by atoms with Crippen molar-refractivity contribution in [2.45, 2.75) is 23.5 Å². The lowest BCUT2D eigenvalue weighted by atomic mass is 10.2. The molecule has 0 bridgehead atoms. The van der Waals surface area contributed by atoms with E-state index in [1.165, 1.54) is 22.2 Å². The van der Waals surface area contributed by atoms with Crippen LogP contribution in [0.1, 0.15) is 12.6 Å². The van der Waals surface area contributed by atoms with Crippen molar-refractivity contribution in [1.82, 2.24) is 19.5 Å². The zero-order valence-corrected chi connectivity index (χ0v) is 16.3. The number of halogens is 1. The van der Waals surface area contributed by atoms with Gasteiger partial charge in [-0.25, -0.2) is 19.3 Å². The number of aryl methyl sites for hydroxylation is 1. The van der Waals surface area contributed by atoms with Gasteiger partial charge in [0.05, 0.1) is 11.1 Å². The molecule has 0 saturated carbocycles. The van der Waals surface area contributed by atoms with Gasteiger partial charge in [0.15, 0.2) is 11.0 Å². The third-order valence-corrected chi connectivity index (χ3v) is 6.71. The van der Waals surface area contributed by atoms with Gasteiger partial charge in [-0.15, -0.1) is 22.7 Å². The second-order valence-corrected chi connectivity index (χ2v) is 8.22. The molecule has 0 spiro atoms. The third kappa shape index (κ3) is 2.85. The van der Waals surface area contributed by atoms with Gasteiger partial charge in [0.25, 0.3) is 5.56 Å². The average molecular weight is 405 g/mol. The van der Waals surface area contributed by atoms with Gasteiger partial charge in [0.2, 0.25) is 0 Å². The first-order chi connectivity index (χ1) is 12.6. The molecule has 0 unspecified atom stereocenters. The zero-order valence-electron chi connectivity index (χ0n) is 13.9. The molecule has 0 atom stereocenters. The highest BCUT2D eigenvalue weighted by Gasteiger charge is 2.19. The number of hydrogen-bond acceptors (Lipinski definition) is 7. The summed E-state index contributed by atoms with van der Waals surface area (Å²) in [5, 5.41) is 5.10. The van der Waals surface area contributed by atoms with E-state index in [4.69, 9.17) is 0 Å². The molecule has 0 aromatic carbocycles. The minimum atomic E-state index is -0.459. The summed E-state index contributed by atoms with van der Waals surface area (Å²) in [5.41, 5.74) is 1.10. The van der Waals surface area contributed by atoms with Gasteiger partial charge in [-0.3, -0.25) is 9.36 Å². The summed E-state index contributed by atoms with van der Waals surface area (Å²) in [6.07, 6.45) is 1.81. The number of thiophene rings is 2. The predicted molar refractivity (Wildman–Crippen MR) is 104 cm³/mol. The Labute approximate surface area is 160 Å². The summed E-state index contributed by atoms with van der Waals surface area (Å²) >= 11 is 4.04. The van der Waals surface area contributed by atoms with E-state index in [1.807, 2.05) is 29.8 Å². The molecule has 0 fully saturated rings. The Hall–Kier alpha value is -2.10. The molecule has 0 aliphatic rings. The topological polar surface area (TPSA) is 60.7 Å². The van der Waals surface area contributed by atoms with Crippen LogP contribution in [0.2, 0.25) is 0 Å². The van der Waals surface area contributed by atoms with E-state index in [1.54, 1.807) is 18.4 Å². The van der Waals surface area contributed by atoms with Crippen molar-refractivity contribution in [3.8, 4) is 10.4 Å². The van der Waals surface area contributed by atoms with Crippen LogP contribution >= 0.6 is 34.4 Å². The van der Waals surface area contributed by atoms with Crippen molar-refractivity contribution in [3.63, 3.8) is 0 Å². The number of aromatic nitrogens is 4. The molecule has 132 valence electrons. The Morgan fingerprint density at radius 3 is 2.88 bits per heavy atom. The fourth-order valence-electron chi connectivity index (χ4n) is 2.55. The molecule has 4 aromatic rings. The maximum absolute atomic E-state index is 14.4. The van der Waals surface area contributed by atoms with Gasteiger partial charge in [-0.1, -0.05) is 13.0 Å². The van der Waals surface area contributed by atoms with Crippen LogP contribution in [0.4, 0.5) is 4.39 Å². The number of fused-ring (bicyclic) bond motifs is 1. The van der Waals surface area contributed by atoms with E-state index in [0.29, 0.717) is 27.5 Å². The number of hydrogen-bond donors (Lipinski definition) is 0. The number of nitrogens with zero attached hydrogens (tertiary/aromatic N) is 4. The lowest BCUT2D eigenvalue weighted by molar-refractivity contribution is 0.558. The Morgan fingerprint density at radius 2 is 2.15 bits per heavy atom. The first-order valence-corrected chi connectivity index (χ1v) is 10.4. The Kier molecular flexibility index (Phi) is 4.60. The summed E-state index contributed by atoms with van der Waals surface area (Å²) in [4.78, 5) is 27.1. The maximum atomic E-state index is 14.4. The first kappa shape index (κ1) is 17.3. The van der Waals surface area contributed by atoms with Crippen LogP contribution < -0.4 is 5.56 Å². The quantitative estimate of drug-likeness (QED) is 0.373. The molecule has 4 aromatic heterocycles. The van der Waals surface area contributed by atoms with Crippen LogP contribution in [0.3, 0.4) is 0 Å². The summed E-state index contributed by atoms with van der Waals surface area (Å²) < 4.78 is 15.9. The molecule has 5 nitrogen and oxygen atoms in total. The molecule has 0 radical (unpaired) electrons. The zero-order chi connectivity index (χ0) is 18.3. The van der Waals surface area contributed by atoms with E-state index in [2.05, 4.69) is 15.0 Å². The van der Waals surface area contributed by atoms with Crippen molar-refractivity contribution >= 4 is 44.7 Å². The highest BCUT2D eigenvalue weighted by Crippen LogP contribution is 2.35. The van der Waals surface area contributed by atoms with Gasteiger partial charge in [0.1, 0.15) is 16.2 Å². The minimum Gasteiger partial charge on any atom is -0.290 e. The van der Waals surface area contributed by atoms with Crippen LogP contribution in [0.5, 0.6) is 0 Å². The summed E-state index contributed by atoms with van der Waals surface area (Å²) in [6, 6.07) is 3.94. The monoisotopic (exact) mass is 404 g/mol. The van der Waals surface area contributed by atoms with Crippen LogP contribution in [-0.2, 0) is 13.5 Å². The number of rotatable bonds is 4. The van der Waals surface area contributed by atoms with Crippen molar-refractivity contribution in [1.29, 1.82) is 0 Å². The maximum Gasteiger partial charge on any atom is 0.263 e. The van der Waals surface area contributed by atoms with Crippen LogP contribution in [0, 0.1) is 5.82 Å². The molecule has 0 amide bonds. The van der Waals surface area contributed by atoms with Crippen molar-refractivity contribution < 1.29 is 4.39 Å². The molecule has 4 rings (SSSR count). The SMILES string of the molecule is CCc1ncnc(Sc2nc3scc(-c4cccs4)c3c(=O)n2C)c1F. The predicted octanol–water partition coefficient (Wildman–Crippen LogP) is 4.37. The first-order valence-electron chi connectivity index (χ1n) is 7.79. The Bertz CT molecular complexity index is 1150. The second-order valence-electron chi connectivity index (χ2n) is 5.46. The molecular weight excluding hydrogens is 391 g/mol. The third-order valence-electron chi connectivity index (χ3n) is 3.91. The van der Waals surface area contributed by atoms with Crippen LogP contribution in [0.25, 0.3) is 20.7 Å². The van der Waals surface area contributed by atoms with Crippen LogP contribution in [0.15, 0.2) is 44.2 Å². The molecule has 4 heterocycles. The lowest BCUT2D eigenvalue weighted by Gasteiger charge is -2.08. The van der Waals surface area contributed by atoms with Gasteiger partial charge in [0, 0.05) is 22.9 Å². The van der Waals surface area contributed by atoms with Gasteiger partial charge >= 0.3 is 0 Å². The van der Waals surface area contributed by atoms with Crippen molar-refractivity contribution in [3.05, 3.63) is 51.1 Å². The van der Waals surface area contributed by atoms with Crippen molar-refractivity contribution in [2.24, 2.45) is 7.05 Å². The van der Waals surface area contributed by atoms with E-state index in [9.17, 15) is 9.18 Å². The van der Waals surface area contributed by atoms with Crippen LogP contribution in [-0.4, -0.2) is 19.5 Å². The molecule has 26 heavy (non-hydrogen) atoms. The highest BCUT2D eigenvalue weighted by molar-refractivity contribution is 7.99. The summed E-state index contributed by atoms with van der Waals surface area (Å²) in [5.74, 6) is -0.459. The molecule has 0 aliphatic carbocycles. The largest absolute Gasteiger partial charge is 0.290 e. The smallest absolute Gasteiger partial charge is 0.263 e.